The first-order valence-electron chi connectivity index (χ1n) is 7.13. The molecule has 2 atom stereocenters. The van der Waals surface area contributed by atoms with Gasteiger partial charge in [0.05, 0.1) is 18.0 Å². The predicted molar refractivity (Wildman–Crippen MR) is 75.3 cm³/mol. The lowest BCUT2D eigenvalue weighted by molar-refractivity contribution is -0.131. The van der Waals surface area contributed by atoms with Gasteiger partial charge in [-0.2, -0.15) is 4.31 Å². The van der Waals surface area contributed by atoms with E-state index in [-0.39, 0.29) is 16.7 Å². The number of hydrogen-bond donors (Lipinski definition) is 0. The Hall–Kier alpha value is -0.960. The summed E-state index contributed by atoms with van der Waals surface area (Å²) in [5, 5.41) is 0.0862. The molecule has 0 bridgehead atoms. The maximum atomic E-state index is 12.6. The molecule has 0 aromatic carbocycles. The van der Waals surface area contributed by atoms with Crippen LogP contribution in [0.3, 0.4) is 0 Å². The van der Waals surface area contributed by atoms with Gasteiger partial charge < -0.3 is 14.0 Å². The third-order valence-corrected chi connectivity index (χ3v) is 6.20. The number of imidazole rings is 1. The van der Waals surface area contributed by atoms with E-state index in [0.717, 1.165) is 19.4 Å². The fourth-order valence-electron chi connectivity index (χ4n) is 3.25. The summed E-state index contributed by atoms with van der Waals surface area (Å²) in [6.07, 6.45) is 5.39. The average molecular weight is 315 g/mol. The molecular formula is C13H21N3O4S. The first-order chi connectivity index (χ1) is 9.98. The van der Waals surface area contributed by atoms with Crippen molar-refractivity contribution in [3.8, 4) is 0 Å². The van der Waals surface area contributed by atoms with Crippen molar-refractivity contribution >= 4 is 10.0 Å². The summed E-state index contributed by atoms with van der Waals surface area (Å²) in [4.78, 5) is 3.96. The van der Waals surface area contributed by atoms with Gasteiger partial charge in [0.1, 0.15) is 0 Å². The van der Waals surface area contributed by atoms with Crippen LogP contribution in [0.4, 0.5) is 0 Å². The van der Waals surface area contributed by atoms with Crippen molar-refractivity contribution in [2.24, 2.45) is 7.05 Å². The first kappa shape index (κ1) is 15.0. The van der Waals surface area contributed by atoms with E-state index in [9.17, 15) is 8.42 Å². The highest BCUT2D eigenvalue weighted by molar-refractivity contribution is 7.89. The van der Waals surface area contributed by atoms with Crippen LogP contribution in [0.15, 0.2) is 17.6 Å². The molecule has 1 aromatic rings. The van der Waals surface area contributed by atoms with E-state index in [2.05, 4.69) is 4.98 Å². The summed E-state index contributed by atoms with van der Waals surface area (Å²) in [7, 11) is -0.197. The minimum atomic E-state index is -3.56. The van der Waals surface area contributed by atoms with Gasteiger partial charge in [-0.1, -0.05) is 0 Å². The van der Waals surface area contributed by atoms with Gasteiger partial charge in [0.2, 0.25) is 0 Å². The van der Waals surface area contributed by atoms with Crippen LogP contribution >= 0.6 is 0 Å². The number of rotatable bonds is 3. The van der Waals surface area contributed by atoms with E-state index in [1.165, 1.54) is 16.8 Å². The van der Waals surface area contributed by atoms with Gasteiger partial charge in [-0.3, -0.25) is 0 Å². The summed E-state index contributed by atoms with van der Waals surface area (Å²) in [5.74, 6) is 0. The fraction of sp³-hybridized carbons (Fsp3) is 0.769. The second-order valence-corrected chi connectivity index (χ2v) is 7.62. The number of methoxy groups -OCH3 is 1. The quantitative estimate of drug-likeness (QED) is 0.806. The van der Waals surface area contributed by atoms with Crippen molar-refractivity contribution in [1.29, 1.82) is 0 Å². The first-order valence-corrected chi connectivity index (χ1v) is 8.57. The number of sulfonamides is 1. The Labute approximate surface area is 124 Å². The van der Waals surface area contributed by atoms with Crippen LogP contribution in [0, 0.1) is 0 Å². The highest BCUT2D eigenvalue weighted by atomic mass is 32.2. The minimum Gasteiger partial charge on any atom is -0.377 e. The van der Waals surface area contributed by atoms with E-state index < -0.39 is 10.0 Å². The normalized spacial score (nSPS) is 31.0. The number of aromatic nitrogens is 2. The summed E-state index contributed by atoms with van der Waals surface area (Å²) < 4.78 is 39.8. The fourth-order valence-corrected chi connectivity index (χ4v) is 4.66. The van der Waals surface area contributed by atoms with Crippen LogP contribution < -0.4 is 0 Å². The molecule has 118 valence electrons. The van der Waals surface area contributed by atoms with E-state index in [1.54, 1.807) is 18.7 Å². The standard InChI is InChI=1S/C13H21N3O4S/c1-15-9-12(14-10-15)21(17,18)16-6-5-13(4-3-7-20-13)11(8-16)19-2/h9-11H,3-8H2,1-2H3/t11-,13-/m0/s1. The highest BCUT2D eigenvalue weighted by Gasteiger charge is 2.49. The summed E-state index contributed by atoms with van der Waals surface area (Å²) in [5.41, 5.74) is -0.315. The number of ether oxygens (including phenoxy) is 2. The van der Waals surface area contributed by atoms with Gasteiger partial charge in [0.15, 0.2) is 5.03 Å². The Bertz CT molecular complexity index is 607. The summed E-state index contributed by atoms with van der Waals surface area (Å²) >= 11 is 0. The van der Waals surface area contributed by atoms with Crippen LogP contribution in [-0.4, -0.2) is 60.8 Å². The topological polar surface area (TPSA) is 73.7 Å². The minimum absolute atomic E-state index is 0.0862. The van der Waals surface area contributed by atoms with Gasteiger partial charge in [-0.05, 0) is 19.3 Å². The van der Waals surface area contributed by atoms with Crippen molar-refractivity contribution < 1.29 is 17.9 Å². The van der Waals surface area contributed by atoms with Gasteiger partial charge >= 0.3 is 0 Å². The molecule has 0 amide bonds. The molecule has 1 spiro atoms. The van der Waals surface area contributed by atoms with Crippen molar-refractivity contribution in [3.63, 3.8) is 0 Å². The molecule has 3 rings (SSSR count). The predicted octanol–water partition coefficient (Wildman–Crippen LogP) is 0.379. The molecule has 2 aliphatic rings. The zero-order valence-corrected chi connectivity index (χ0v) is 13.2. The Morgan fingerprint density at radius 3 is 2.86 bits per heavy atom. The molecule has 0 N–H and O–H groups in total. The molecule has 0 saturated carbocycles. The third-order valence-electron chi connectivity index (χ3n) is 4.44. The lowest BCUT2D eigenvalue weighted by atomic mass is 9.87. The molecule has 2 aliphatic heterocycles. The SMILES string of the molecule is CO[C@H]1CN(S(=O)(=O)c2cn(C)cn2)CC[C@@]12CCCO2. The smallest absolute Gasteiger partial charge is 0.262 e. The maximum absolute atomic E-state index is 12.6. The van der Waals surface area contributed by atoms with Gasteiger partial charge in [0, 0.05) is 40.1 Å². The molecule has 1 aromatic heterocycles. The number of aryl methyl sites for hydroxylation is 1. The molecular weight excluding hydrogens is 294 g/mol. The van der Waals surface area contributed by atoms with Crippen LogP contribution in [0.25, 0.3) is 0 Å². The van der Waals surface area contributed by atoms with Crippen LogP contribution in [0.2, 0.25) is 0 Å². The largest absolute Gasteiger partial charge is 0.377 e. The Morgan fingerprint density at radius 1 is 1.48 bits per heavy atom. The molecule has 0 radical (unpaired) electrons. The van der Waals surface area contributed by atoms with Gasteiger partial charge in [0.25, 0.3) is 10.0 Å². The lowest BCUT2D eigenvalue weighted by Gasteiger charge is -2.43. The van der Waals surface area contributed by atoms with Crippen molar-refractivity contribution in [1.82, 2.24) is 13.9 Å². The number of hydrogen-bond acceptors (Lipinski definition) is 5. The molecule has 2 saturated heterocycles. The molecule has 2 fully saturated rings. The third kappa shape index (κ3) is 2.50. The number of piperidine rings is 1. The molecule has 21 heavy (non-hydrogen) atoms. The highest BCUT2D eigenvalue weighted by Crippen LogP contribution is 2.38. The average Bonchev–Trinajstić information content (AvgIpc) is 3.09. The molecule has 0 aliphatic carbocycles. The van der Waals surface area contributed by atoms with Crippen molar-refractivity contribution in [2.45, 2.75) is 36.0 Å². The van der Waals surface area contributed by atoms with E-state index in [4.69, 9.17) is 9.47 Å². The van der Waals surface area contributed by atoms with Crippen LogP contribution in [-0.2, 0) is 26.5 Å². The molecule has 0 unspecified atom stereocenters. The van der Waals surface area contributed by atoms with E-state index in [1.807, 2.05) is 0 Å². The van der Waals surface area contributed by atoms with Crippen molar-refractivity contribution in [3.05, 3.63) is 12.5 Å². The second kappa shape index (κ2) is 5.35. The second-order valence-electron chi connectivity index (χ2n) is 5.73. The Balaban J connectivity index is 1.82. The Kier molecular flexibility index (Phi) is 3.81. The summed E-state index contributed by atoms with van der Waals surface area (Å²) in [6, 6.07) is 0. The maximum Gasteiger partial charge on any atom is 0.262 e. The van der Waals surface area contributed by atoms with Gasteiger partial charge in [-0.25, -0.2) is 13.4 Å². The zero-order chi connectivity index (χ0) is 15.1. The molecule has 7 nitrogen and oxygen atoms in total. The summed E-state index contributed by atoms with van der Waals surface area (Å²) in [6.45, 7) is 1.49. The van der Waals surface area contributed by atoms with Crippen LogP contribution in [0.5, 0.6) is 0 Å². The van der Waals surface area contributed by atoms with Crippen molar-refractivity contribution in [2.75, 3.05) is 26.8 Å². The van der Waals surface area contributed by atoms with E-state index in [0.29, 0.717) is 19.5 Å². The van der Waals surface area contributed by atoms with Gasteiger partial charge in [-0.15, -0.1) is 0 Å². The monoisotopic (exact) mass is 315 g/mol. The lowest BCUT2D eigenvalue weighted by Crippen LogP contribution is -2.57. The zero-order valence-electron chi connectivity index (χ0n) is 12.4. The van der Waals surface area contributed by atoms with E-state index >= 15 is 0 Å². The Morgan fingerprint density at radius 2 is 2.29 bits per heavy atom. The molecule has 8 heteroatoms. The number of nitrogens with zero attached hydrogens (tertiary/aromatic N) is 3. The van der Waals surface area contributed by atoms with Crippen LogP contribution in [0.1, 0.15) is 19.3 Å². The molecule has 3 heterocycles.